The van der Waals surface area contributed by atoms with Gasteiger partial charge in [-0.3, -0.25) is 4.31 Å². The molecule has 0 aliphatic carbocycles. The Bertz CT molecular complexity index is 1670. The van der Waals surface area contributed by atoms with Crippen molar-refractivity contribution in [3.05, 3.63) is 59.9 Å². The maximum atomic E-state index is 14.1. The summed E-state index contributed by atoms with van der Waals surface area (Å²) in [5.74, 6) is 0.663. The zero-order valence-electron chi connectivity index (χ0n) is 22.6. The zero-order chi connectivity index (χ0) is 29.4. The van der Waals surface area contributed by atoms with Crippen LogP contribution in [0.1, 0.15) is 11.1 Å². The van der Waals surface area contributed by atoms with E-state index in [-0.39, 0.29) is 29.1 Å². The number of hydrogen-bond acceptors (Lipinski definition) is 8. The van der Waals surface area contributed by atoms with Crippen LogP contribution < -0.4 is 19.3 Å². The van der Waals surface area contributed by atoms with Gasteiger partial charge in [0.25, 0.3) is 0 Å². The Morgan fingerprint density at radius 1 is 1.17 bits per heavy atom. The first-order valence-corrected chi connectivity index (χ1v) is 14.5. The summed E-state index contributed by atoms with van der Waals surface area (Å²) in [6.07, 6.45) is -1.48. The number of fused-ring (bicyclic) bond motifs is 1. The Labute approximate surface area is 235 Å². The Kier molecular flexibility index (Phi) is 7.70. The molecular formula is C27H29F3N6O4S. The molecule has 218 valence electrons. The number of hydrogen-bond donors (Lipinski definition) is 2. The van der Waals surface area contributed by atoms with Crippen molar-refractivity contribution >= 4 is 38.2 Å². The van der Waals surface area contributed by atoms with Crippen LogP contribution in [0.15, 0.2) is 48.8 Å². The van der Waals surface area contributed by atoms with Crippen molar-refractivity contribution in [2.45, 2.75) is 12.7 Å². The summed E-state index contributed by atoms with van der Waals surface area (Å²) in [5, 5.41) is 3.10. The average Bonchev–Trinajstić information content (AvgIpc) is 3.39. The minimum absolute atomic E-state index is 0.112. The largest absolute Gasteiger partial charge is 0.496 e. The molecule has 1 fully saturated rings. The van der Waals surface area contributed by atoms with Crippen molar-refractivity contribution in [1.29, 1.82) is 0 Å². The van der Waals surface area contributed by atoms with E-state index in [1.54, 1.807) is 18.2 Å². The fourth-order valence-corrected chi connectivity index (χ4v) is 5.22. The highest BCUT2D eigenvalue weighted by atomic mass is 32.2. The van der Waals surface area contributed by atoms with Crippen LogP contribution in [-0.2, 0) is 27.5 Å². The number of H-pyrrole nitrogens is 1. The molecule has 0 radical (unpaired) electrons. The molecule has 0 spiro atoms. The van der Waals surface area contributed by atoms with Crippen LogP contribution in [0.2, 0.25) is 0 Å². The topological polar surface area (TPSA) is 113 Å². The van der Waals surface area contributed by atoms with Gasteiger partial charge in [-0.05, 0) is 24.3 Å². The molecular weight excluding hydrogens is 561 g/mol. The Morgan fingerprint density at radius 2 is 1.93 bits per heavy atom. The first-order valence-electron chi connectivity index (χ1n) is 12.7. The summed E-state index contributed by atoms with van der Waals surface area (Å²) in [6, 6.07) is 10.5. The third kappa shape index (κ3) is 5.88. The van der Waals surface area contributed by atoms with Crippen molar-refractivity contribution in [1.82, 2.24) is 15.0 Å². The summed E-state index contributed by atoms with van der Waals surface area (Å²) >= 11 is 0. The molecule has 0 amide bonds. The van der Waals surface area contributed by atoms with Gasteiger partial charge in [0.05, 0.1) is 43.5 Å². The van der Waals surface area contributed by atoms with Crippen molar-refractivity contribution in [2.75, 3.05) is 61.2 Å². The molecule has 41 heavy (non-hydrogen) atoms. The van der Waals surface area contributed by atoms with Gasteiger partial charge in [-0.25, -0.2) is 18.4 Å². The van der Waals surface area contributed by atoms with Crippen LogP contribution >= 0.6 is 0 Å². The number of aromatic nitrogens is 3. The molecule has 14 heteroatoms. The summed E-state index contributed by atoms with van der Waals surface area (Å²) in [6.45, 7) is 2.61. The number of nitrogens with one attached hydrogen (secondary N) is 2. The molecule has 1 aliphatic heterocycles. The molecule has 2 N–H and O–H groups in total. The predicted octanol–water partition coefficient (Wildman–Crippen LogP) is 4.50. The third-order valence-electron chi connectivity index (χ3n) is 6.93. The number of sulfonamides is 1. The van der Waals surface area contributed by atoms with Crippen LogP contribution in [0, 0.1) is 0 Å². The first-order chi connectivity index (χ1) is 19.5. The van der Waals surface area contributed by atoms with Gasteiger partial charge in [0.1, 0.15) is 17.2 Å². The molecule has 3 aromatic heterocycles. The van der Waals surface area contributed by atoms with Crippen molar-refractivity contribution in [3.8, 4) is 17.0 Å². The minimum atomic E-state index is -4.69. The number of ether oxygens (including phenoxy) is 2. The number of aromatic amines is 1. The molecule has 0 saturated carbocycles. The van der Waals surface area contributed by atoms with Crippen LogP contribution in [0.25, 0.3) is 22.3 Å². The van der Waals surface area contributed by atoms with Gasteiger partial charge >= 0.3 is 6.18 Å². The van der Waals surface area contributed by atoms with Gasteiger partial charge in [0, 0.05) is 67.3 Å². The maximum Gasteiger partial charge on any atom is 0.419 e. The second-order valence-electron chi connectivity index (χ2n) is 9.54. The molecule has 1 saturated heterocycles. The van der Waals surface area contributed by atoms with E-state index in [2.05, 4.69) is 25.2 Å². The summed E-state index contributed by atoms with van der Waals surface area (Å²) in [7, 11) is -0.770. The Balaban J connectivity index is 1.54. The second-order valence-corrected chi connectivity index (χ2v) is 11.6. The molecule has 0 bridgehead atoms. The maximum absolute atomic E-state index is 14.1. The number of halogens is 3. The first kappa shape index (κ1) is 28.5. The van der Waals surface area contributed by atoms with Crippen LogP contribution in [-0.4, -0.2) is 70.1 Å². The number of nitrogens with zero attached hydrogens (tertiary/aromatic N) is 4. The van der Waals surface area contributed by atoms with E-state index in [0.29, 0.717) is 35.8 Å². The summed E-state index contributed by atoms with van der Waals surface area (Å²) in [4.78, 5) is 13.5. The number of alkyl halides is 3. The van der Waals surface area contributed by atoms with Crippen molar-refractivity contribution < 1.29 is 31.1 Å². The van der Waals surface area contributed by atoms with Crippen LogP contribution in [0.3, 0.4) is 0 Å². The molecule has 0 atom stereocenters. The predicted molar refractivity (Wildman–Crippen MR) is 151 cm³/mol. The minimum Gasteiger partial charge on any atom is -0.496 e. The number of anilines is 3. The molecule has 10 nitrogen and oxygen atoms in total. The number of rotatable bonds is 8. The standard InChI is InChI=1S/C27H29F3N6O4S/c1-35(41(3,37)38)26-17(5-4-8-31-26)15-32-24-20-14-22(34-25(20)33-16-21(24)27(28,29)30)19-7-6-18(13-23(19)39-2)36-9-11-40-12-10-36/h4-8,13-14,16H,9-12,15H2,1-3H3,(H2,32,33,34). The van der Waals surface area contributed by atoms with E-state index in [1.807, 2.05) is 18.2 Å². The Morgan fingerprint density at radius 3 is 2.61 bits per heavy atom. The van der Waals surface area contributed by atoms with Crippen LogP contribution in [0.4, 0.5) is 30.4 Å². The van der Waals surface area contributed by atoms with Gasteiger partial charge in [-0.1, -0.05) is 6.07 Å². The number of pyridine rings is 2. The fourth-order valence-electron chi connectivity index (χ4n) is 4.74. The number of benzene rings is 1. The normalized spacial score (nSPS) is 14.3. The molecule has 1 aliphatic rings. The molecule has 4 heterocycles. The zero-order valence-corrected chi connectivity index (χ0v) is 23.4. The molecule has 0 unspecified atom stereocenters. The van der Waals surface area contributed by atoms with Gasteiger partial charge in [-0.2, -0.15) is 13.2 Å². The van der Waals surface area contributed by atoms with E-state index >= 15 is 0 Å². The number of methoxy groups -OCH3 is 1. The van der Waals surface area contributed by atoms with Gasteiger partial charge in [0.15, 0.2) is 0 Å². The van der Waals surface area contributed by atoms with E-state index in [0.717, 1.165) is 35.5 Å². The van der Waals surface area contributed by atoms with Gasteiger partial charge in [-0.15, -0.1) is 0 Å². The van der Waals surface area contributed by atoms with E-state index < -0.39 is 21.8 Å². The van der Waals surface area contributed by atoms with Crippen molar-refractivity contribution in [3.63, 3.8) is 0 Å². The molecule has 1 aromatic carbocycles. The highest BCUT2D eigenvalue weighted by Gasteiger charge is 2.35. The third-order valence-corrected chi connectivity index (χ3v) is 8.10. The van der Waals surface area contributed by atoms with Crippen LogP contribution in [0.5, 0.6) is 5.75 Å². The summed E-state index contributed by atoms with van der Waals surface area (Å²) in [5.41, 5.74) is 1.64. The van der Waals surface area contributed by atoms with Gasteiger partial charge in [0.2, 0.25) is 10.0 Å². The molecule has 5 rings (SSSR count). The lowest BCUT2D eigenvalue weighted by Crippen LogP contribution is -2.36. The SMILES string of the molecule is COc1cc(N2CCOCC2)ccc1-c1cc2c(NCc3cccnc3N(C)S(C)(=O)=O)c(C(F)(F)F)cnc2[nH]1. The molecule has 4 aromatic rings. The fraction of sp³-hybridized carbons (Fsp3) is 0.333. The van der Waals surface area contributed by atoms with Gasteiger partial charge < -0.3 is 24.7 Å². The monoisotopic (exact) mass is 590 g/mol. The average molecular weight is 591 g/mol. The van der Waals surface area contributed by atoms with E-state index in [1.165, 1.54) is 20.4 Å². The highest BCUT2D eigenvalue weighted by Crippen LogP contribution is 2.41. The highest BCUT2D eigenvalue weighted by molar-refractivity contribution is 7.92. The Hall–Kier alpha value is -4.04. The second kappa shape index (κ2) is 11.1. The lowest BCUT2D eigenvalue weighted by Gasteiger charge is -2.29. The van der Waals surface area contributed by atoms with E-state index in [9.17, 15) is 21.6 Å². The quantitative estimate of drug-likeness (QED) is 0.309. The smallest absolute Gasteiger partial charge is 0.419 e. The van der Waals surface area contributed by atoms with Crippen molar-refractivity contribution in [2.24, 2.45) is 0 Å². The van der Waals surface area contributed by atoms with E-state index in [4.69, 9.17) is 9.47 Å². The lowest BCUT2D eigenvalue weighted by atomic mass is 10.1. The number of morpholine rings is 1. The lowest BCUT2D eigenvalue weighted by molar-refractivity contribution is -0.137. The summed E-state index contributed by atoms with van der Waals surface area (Å²) < 4.78 is 78.6.